The summed E-state index contributed by atoms with van der Waals surface area (Å²) in [4.78, 5) is 31.8. The van der Waals surface area contributed by atoms with Crippen molar-refractivity contribution in [2.24, 2.45) is 0 Å². The minimum absolute atomic E-state index is 0.0312. The monoisotopic (exact) mass is 423 g/mol. The number of rotatable bonds is 5. The topological polar surface area (TPSA) is 92.7 Å². The minimum Gasteiger partial charge on any atom is -0.325 e. The Kier molecular flexibility index (Phi) is 5.37. The molecular weight excluding hydrogens is 405 g/mol. The number of aromatic nitrogens is 4. The Morgan fingerprint density at radius 2 is 1.97 bits per heavy atom. The van der Waals surface area contributed by atoms with Gasteiger partial charge in [0.1, 0.15) is 11.2 Å². The van der Waals surface area contributed by atoms with E-state index >= 15 is 0 Å². The van der Waals surface area contributed by atoms with Crippen molar-refractivity contribution in [3.05, 3.63) is 76.0 Å². The summed E-state index contributed by atoms with van der Waals surface area (Å²) in [7, 11) is 0. The maximum Gasteiger partial charge on any atom is 0.262 e. The Balaban J connectivity index is 1.58. The smallest absolute Gasteiger partial charge is 0.262 e. The molecule has 2 heterocycles. The Labute approximate surface area is 175 Å². The van der Waals surface area contributed by atoms with Gasteiger partial charge in [-0.2, -0.15) is 5.10 Å². The van der Waals surface area contributed by atoms with Crippen LogP contribution in [0.5, 0.6) is 0 Å². The third-order valence-corrected chi connectivity index (χ3v) is 5.56. The fourth-order valence-corrected chi connectivity index (χ4v) is 3.63. The average molecular weight is 423 g/mol. The number of fused-ring (bicyclic) bond motifs is 1. The number of hydrogen-bond donors (Lipinski definition) is 2. The van der Waals surface area contributed by atoms with Crippen molar-refractivity contribution in [3.63, 3.8) is 0 Å². The number of amides is 1. The Morgan fingerprint density at radius 1 is 1.20 bits per heavy atom. The van der Waals surface area contributed by atoms with Crippen LogP contribution in [-0.2, 0) is 4.79 Å². The quantitative estimate of drug-likeness (QED) is 0.378. The molecule has 2 aromatic heterocycles. The number of benzene rings is 2. The third kappa shape index (κ3) is 3.97. The van der Waals surface area contributed by atoms with Crippen LogP contribution < -0.4 is 10.9 Å². The van der Waals surface area contributed by atoms with Gasteiger partial charge in [0.15, 0.2) is 10.8 Å². The maximum atomic E-state index is 13.0. The number of nitrogens with one attached hydrogen (secondary N) is 2. The lowest BCUT2D eigenvalue weighted by Gasteiger charge is -2.09. The zero-order chi connectivity index (χ0) is 21.3. The van der Waals surface area contributed by atoms with Crippen LogP contribution in [0.25, 0.3) is 16.7 Å². The molecule has 1 amide bonds. The van der Waals surface area contributed by atoms with Gasteiger partial charge in [-0.1, -0.05) is 23.9 Å². The van der Waals surface area contributed by atoms with Gasteiger partial charge in [-0.3, -0.25) is 9.59 Å². The standard InChI is InChI=1S/C21H18FN5O2S/c1-12-4-3-5-17(13(12)2)27-19-16(10-23-27)20(29)26-21(25-19)30-11-18(28)24-15-8-6-14(22)7-9-15/h3-10H,11H2,1-2H3,(H,24,28)(H,25,26,29). The number of aryl methyl sites for hydroxylation is 1. The number of H-pyrrole nitrogens is 1. The molecule has 7 nitrogen and oxygen atoms in total. The van der Waals surface area contributed by atoms with E-state index < -0.39 is 0 Å². The third-order valence-electron chi connectivity index (χ3n) is 4.69. The average Bonchev–Trinajstić information content (AvgIpc) is 3.15. The molecule has 0 aliphatic rings. The second-order valence-electron chi connectivity index (χ2n) is 6.73. The zero-order valence-corrected chi connectivity index (χ0v) is 17.1. The molecule has 0 aliphatic carbocycles. The molecule has 2 aromatic carbocycles. The number of carbonyl (C=O) groups excluding carboxylic acids is 1. The molecule has 0 unspecified atom stereocenters. The molecule has 2 N–H and O–H groups in total. The van der Waals surface area contributed by atoms with Gasteiger partial charge < -0.3 is 10.3 Å². The molecule has 0 bridgehead atoms. The van der Waals surface area contributed by atoms with Crippen molar-refractivity contribution in [2.75, 3.05) is 11.1 Å². The van der Waals surface area contributed by atoms with Crippen LogP contribution in [0.3, 0.4) is 0 Å². The van der Waals surface area contributed by atoms with E-state index in [1.165, 1.54) is 30.5 Å². The molecule has 9 heteroatoms. The van der Waals surface area contributed by atoms with Crippen LogP contribution in [-0.4, -0.2) is 31.4 Å². The number of thioether (sulfide) groups is 1. The minimum atomic E-state index is -0.377. The zero-order valence-electron chi connectivity index (χ0n) is 16.3. The number of hydrogen-bond acceptors (Lipinski definition) is 5. The molecule has 0 atom stereocenters. The van der Waals surface area contributed by atoms with Crippen molar-refractivity contribution in [3.8, 4) is 5.69 Å². The van der Waals surface area contributed by atoms with Crippen LogP contribution in [0.1, 0.15) is 11.1 Å². The fraction of sp³-hybridized carbons (Fsp3) is 0.143. The SMILES string of the molecule is Cc1cccc(-n2ncc3c(=O)[nH]c(SCC(=O)Nc4ccc(F)cc4)nc32)c1C. The second kappa shape index (κ2) is 8.11. The summed E-state index contributed by atoms with van der Waals surface area (Å²) in [5.41, 5.74) is 3.58. The van der Waals surface area contributed by atoms with Gasteiger partial charge in [-0.25, -0.2) is 14.1 Å². The molecule has 0 radical (unpaired) electrons. The normalized spacial score (nSPS) is 11.0. The lowest BCUT2D eigenvalue weighted by atomic mass is 10.1. The van der Waals surface area contributed by atoms with Gasteiger partial charge >= 0.3 is 0 Å². The van der Waals surface area contributed by atoms with Gasteiger partial charge in [0.05, 0.1) is 17.6 Å². The lowest BCUT2D eigenvalue weighted by molar-refractivity contribution is -0.113. The predicted molar refractivity (Wildman–Crippen MR) is 115 cm³/mol. The van der Waals surface area contributed by atoms with E-state index in [4.69, 9.17) is 0 Å². The van der Waals surface area contributed by atoms with E-state index in [0.29, 0.717) is 21.9 Å². The van der Waals surface area contributed by atoms with Crippen molar-refractivity contribution in [1.29, 1.82) is 0 Å². The molecule has 0 saturated heterocycles. The highest BCUT2D eigenvalue weighted by atomic mass is 32.2. The fourth-order valence-electron chi connectivity index (χ4n) is 2.97. The molecule has 4 rings (SSSR count). The van der Waals surface area contributed by atoms with E-state index in [1.807, 2.05) is 32.0 Å². The molecule has 0 saturated carbocycles. The van der Waals surface area contributed by atoms with Gasteiger partial charge in [0.2, 0.25) is 5.91 Å². The lowest BCUT2D eigenvalue weighted by Crippen LogP contribution is -2.15. The highest BCUT2D eigenvalue weighted by molar-refractivity contribution is 7.99. The number of anilines is 1. The molecule has 30 heavy (non-hydrogen) atoms. The van der Waals surface area contributed by atoms with Gasteiger partial charge in [0, 0.05) is 5.69 Å². The van der Waals surface area contributed by atoms with Crippen molar-refractivity contribution < 1.29 is 9.18 Å². The van der Waals surface area contributed by atoms with Crippen LogP contribution in [0.2, 0.25) is 0 Å². The van der Waals surface area contributed by atoms with Crippen molar-refractivity contribution >= 4 is 34.4 Å². The molecule has 0 fully saturated rings. The van der Waals surface area contributed by atoms with Crippen LogP contribution in [0.15, 0.2) is 58.6 Å². The van der Waals surface area contributed by atoms with Gasteiger partial charge in [-0.15, -0.1) is 0 Å². The molecule has 4 aromatic rings. The van der Waals surface area contributed by atoms with Gasteiger partial charge in [-0.05, 0) is 55.3 Å². The first-order valence-electron chi connectivity index (χ1n) is 9.15. The van der Waals surface area contributed by atoms with E-state index in [0.717, 1.165) is 28.6 Å². The number of halogens is 1. The largest absolute Gasteiger partial charge is 0.325 e. The van der Waals surface area contributed by atoms with Crippen molar-refractivity contribution in [2.45, 2.75) is 19.0 Å². The first-order chi connectivity index (χ1) is 14.4. The van der Waals surface area contributed by atoms with Crippen LogP contribution >= 0.6 is 11.8 Å². The number of aromatic amines is 1. The van der Waals surface area contributed by atoms with Crippen molar-refractivity contribution in [1.82, 2.24) is 19.7 Å². The number of nitrogens with zero attached hydrogens (tertiary/aromatic N) is 3. The summed E-state index contributed by atoms with van der Waals surface area (Å²) in [5.74, 6) is -0.640. The Morgan fingerprint density at radius 3 is 2.73 bits per heavy atom. The summed E-state index contributed by atoms with van der Waals surface area (Å²) in [5, 5.41) is 7.70. The summed E-state index contributed by atoms with van der Waals surface area (Å²) in [6.45, 7) is 3.99. The summed E-state index contributed by atoms with van der Waals surface area (Å²) >= 11 is 1.10. The highest BCUT2D eigenvalue weighted by Crippen LogP contribution is 2.22. The van der Waals surface area contributed by atoms with E-state index in [-0.39, 0.29) is 23.0 Å². The van der Waals surface area contributed by atoms with E-state index in [9.17, 15) is 14.0 Å². The molecular formula is C21H18FN5O2S. The van der Waals surface area contributed by atoms with Crippen LogP contribution in [0, 0.1) is 19.7 Å². The first-order valence-corrected chi connectivity index (χ1v) is 10.1. The summed E-state index contributed by atoms with van der Waals surface area (Å²) in [6.07, 6.45) is 1.48. The highest BCUT2D eigenvalue weighted by Gasteiger charge is 2.14. The Bertz CT molecular complexity index is 1300. The first kappa shape index (κ1) is 19.8. The van der Waals surface area contributed by atoms with E-state index in [1.54, 1.807) is 4.68 Å². The molecule has 0 aliphatic heterocycles. The predicted octanol–water partition coefficient (Wildman–Crippen LogP) is 3.60. The molecule has 152 valence electrons. The summed E-state index contributed by atoms with van der Waals surface area (Å²) in [6, 6.07) is 11.3. The molecule has 0 spiro atoms. The number of carbonyl (C=O) groups is 1. The van der Waals surface area contributed by atoms with E-state index in [2.05, 4.69) is 20.4 Å². The second-order valence-corrected chi connectivity index (χ2v) is 7.69. The maximum absolute atomic E-state index is 13.0. The summed E-state index contributed by atoms with van der Waals surface area (Å²) < 4.78 is 14.6. The Hall–Kier alpha value is -3.46. The van der Waals surface area contributed by atoms with Gasteiger partial charge in [0.25, 0.3) is 5.56 Å². The van der Waals surface area contributed by atoms with Crippen LogP contribution in [0.4, 0.5) is 10.1 Å².